The lowest BCUT2D eigenvalue weighted by molar-refractivity contribution is 0.224. The Morgan fingerprint density at radius 1 is 1.40 bits per heavy atom. The Bertz CT molecular complexity index is 447. The molecular formula is C11H11BrOS2. The molecule has 0 aliphatic rings. The third kappa shape index (κ3) is 2.33. The lowest BCUT2D eigenvalue weighted by Gasteiger charge is -2.06. The first kappa shape index (κ1) is 11.3. The van der Waals surface area contributed by atoms with Gasteiger partial charge in [0.2, 0.25) is 0 Å². The van der Waals surface area contributed by atoms with Crippen LogP contribution in [0, 0.1) is 0 Å². The third-order valence-corrected chi connectivity index (χ3v) is 5.27. The molecule has 0 aliphatic carbocycles. The van der Waals surface area contributed by atoms with Gasteiger partial charge in [-0.1, -0.05) is 6.92 Å². The lowest BCUT2D eigenvalue weighted by atomic mass is 10.2. The molecule has 1 N–H and O–H groups in total. The van der Waals surface area contributed by atoms with Crippen LogP contribution in [-0.2, 0) is 6.42 Å². The number of halogens is 1. The Balaban J connectivity index is 2.28. The molecule has 4 heteroatoms. The Morgan fingerprint density at radius 3 is 2.73 bits per heavy atom. The van der Waals surface area contributed by atoms with Crippen molar-refractivity contribution in [1.82, 2.24) is 0 Å². The smallest absolute Gasteiger partial charge is 0.115 e. The van der Waals surface area contributed by atoms with Crippen LogP contribution in [0.3, 0.4) is 0 Å². The first-order chi connectivity index (χ1) is 7.22. The molecule has 0 radical (unpaired) electrons. The molecule has 1 unspecified atom stereocenters. The Kier molecular flexibility index (Phi) is 3.61. The van der Waals surface area contributed by atoms with Crippen molar-refractivity contribution in [3.05, 3.63) is 42.7 Å². The van der Waals surface area contributed by atoms with Crippen molar-refractivity contribution < 1.29 is 5.11 Å². The second-order valence-electron chi connectivity index (χ2n) is 3.24. The molecule has 1 nitrogen and oxygen atoms in total. The molecule has 0 fully saturated rings. The van der Waals surface area contributed by atoms with Gasteiger partial charge in [-0.25, -0.2) is 0 Å². The molecule has 2 rings (SSSR count). The van der Waals surface area contributed by atoms with E-state index in [1.165, 1.54) is 4.88 Å². The van der Waals surface area contributed by atoms with E-state index in [0.717, 1.165) is 21.3 Å². The molecule has 0 spiro atoms. The van der Waals surface area contributed by atoms with E-state index in [1.807, 2.05) is 16.8 Å². The third-order valence-electron chi connectivity index (χ3n) is 2.24. The van der Waals surface area contributed by atoms with E-state index in [0.29, 0.717) is 0 Å². The second-order valence-corrected chi connectivity index (χ2v) is 6.03. The molecule has 2 aromatic heterocycles. The molecular weight excluding hydrogens is 292 g/mol. The Hall–Kier alpha value is -0.160. The van der Waals surface area contributed by atoms with Crippen molar-refractivity contribution in [1.29, 1.82) is 0 Å². The standard InChI is InChI=1S/C11H11BrOS2/c1-2-7-3-4-10(15-7)11(13)8-5-14-6-9(8)12/h3-6,11,13H,2H2,1H3. The van der Waals surface area contributed by atoms with E-state index in [9.17, 15) is 5.11 Å². The summed E-state index contributed by atoms with van der Waals surface area (Å²) >= 11 is 6.72. The minimum absolute atomic E-state index is 0.490. The topological polar surface area (TPSA) is 20.2 Å². The zero-order valence-corrected chi connectivity index (χ0v) is 11.5. The fourth-order valence-corrected chi connectivity index (χ4v) is 3.86. The van der Waals surface area contributed by atoms with Gasteiger partial charge in [0.05, 0.1) is 0 Å². The Morgan fingerprint density at radius 2 is 2.20 bits per heavy atom. The molecule has 0 aromatic carbocycles. The first-order valence-electron chi connectivity index (χ1n) is 4.70. The van der Waals surface area contributed by atoms with Crippen molar-refractivity contribution in [3.63, 3.8) is 0 Å². The van der Waals surface area contributed by atoms with E-state index in [-0.39, 0.29) is 0 Å². The Labute approximate surface area is 106 Å². The maximum Gasteiger partial charge on any atom is 0.115 e. The maximum absolute atomic E-state index is 10.2. The molecule has 0 amide bonds. The van der Waals surface area contributed by atoms with Gasteiger partial charge in [0.25, 0.3) is 0 Å². The summed E-state index contributed by atoms with van der Waals surface area (Å²) in [6.45, 7) is 2.13. The molecule has 1 atom stereocenters. The molecule has 2 aromatic rings. The van der Waals surface area contributed by atoms with Crippen molar-refractivity contribution in [2.24, 2.45) is 0 Å². The first-order valence-corrected chi connectivity index (χ1v) is 7.26. The van der Waals surface area contributed by atoms with Crippen LogP contribution in [0.5, 0.6) is 0 Å². The van der Waals surface area contributed by atoms with Gasteiger partial charge in [-0.3, -0.25) is 0 Å². The summed E-state index contributed by atoms with van der Waals surface area (Å²) in [5, 5.41) is 14.1. The number of aliphatic hydroxyl groups excluding tert-OH is 1. The highest BCUT2D eigenvalue weighted by Gasteiger charge is 2.16. The number of aryl methyl sites for hydroxylation is 1. The van der Waals surface area contributed by atoms with Gasteiger partial charge >= 0.3 is 0 Å². The minimum atomic E-state index is -0.490. The van der Waals surface area contributed by atoms with Crippen molar-refractivity contribution in [2.75, 3.05) is 0 Å². The predicted molar refractivity (Wildman–Crippen MR) is 69.8 cm³/mol. The van der Waals surface area contributed by atoms with Crippen LogP contribution in [0.1, 0.15) is 28.3 Å². The number of hydrogen-bond acceptors (Lipinski definition) is 3. The van der Waals surface area contributed by atoms with Crippen LogP contribution >= 0.6 is 38.6 Å². The van der Waals surface area contributed by atoms with E-state index in [4.69, 9.17) is 0 Å². The largest absolute Gasteiger partial charge is 0.383 e. The monoisotopic (exact) mass is 302 g/mol. The van der Waals surface area contributed by atoms with E-state index < -0.39 is 6.10 Å². The summed E-state index contributed by atoms with van der Waals surface area (Å²) in [5.74, 6) is 0. The van der Waals surface area contributed by atoms with E-state index >= 15 is 0 Å². The van der Waals surface area contributed by atoms with Crippen LogP contribution in [-0.4, -0.2) is 5.11 Å². The lowest BCUT2D eigenvalue weighted by Crippen LogP contribution is -1.95. The molecule has 0 saturated heterocycles. The normalized spacial score (nSPS) is 13.0. The quantitative estimate of drug-likeness (QED) is 0.900. The average molecular weight is 303 g/mol. The fraction of sp³-hybridized carbons (Fsp3) is 0.273. The number of thiophene rings is 2. The van der Waals surface area contributed by atoms with Crippen molar-refractivity contribution in [2.45, 2.75) is 19.4 Å². The highest BCUT2D eigenvalue weighted by molar-refractivity contribution is 9.10. The maximum atomic E-state index is 10.2. The van der Waals surface area contributed by atoms with Crippen molar-refractivity contribution >= 4 is 38.6 Å². The minimum Gasteiger partial charge on any atom is -0.383 e. The summed E-state index contributed by atoms with van der Waals surface area (Å²) in [6, 6.07) is 4.10. The fourth-order valence-electron chi connectivity index (χ4n) is 1.37. The van der Waals surface area contributed by atoms with Gasteiger partial charge in [-0.2, -0.15) is 11.3 Å². The molecule has 0 bridgehead atoms. The SMILES string of the molecule is CCc1ccc(C(O)c2cscc2Br)s1. The number of rotatable bonds is 3. The zero-order chi connectivity index (χ0) is 10.8. The number of hydrogen-bond donors (Lipinski definition) is 1. The van der Waals surface area contributed by atoms with Crippen molar-refractivity contribution in [3.8, 4) is 0 Å². The van der Waals surface area contributed by atoms with Crippen LogP contribution in [0.25, 0.3) is 0 Å². The second kappa shape index (κ2) is 4.78. The van der Waals surface area contributed by atoms with E-state index in [1.54, 1.807) is 22.7 Å². The van der Waals surface area contributed by atoms with Gasteiger partial charge in [0.15, 0.2) is 0 Å². The highest BCUT2D eigenvalue weighted by Crippen LogP contribution is 2.34. The van der Waals surface area contributed by atoms with Gasteiger partial charge < -0.3 is 5.11 Å². The molecule has 80 valence electrons. The van der Waals surface area contributed by atoms with Gasteiger partial charge in [-0.15, -0.1) is 11.3 Å². The van der Waals surface area contributed by atoms with E-state index in [2.05, 4.69) is 28.9 Å². The summed E-state index contributed by atoms with van der Waals surface area (Å²) in [5.41, 5.74) is 0.963. The zero-order valence-electron chi connectivity index (χ0n) is 8.24. The van der Waals surface area contributed by atoms with Crippen LogP contribution in [0.2, 0.25) is 0 Å². The van der Waals surface area contributed by atoms with Crippen LogP contribution in [0.4, 0.5) is 0 Å². The summed E-state index contributed by atoms with van der Waals surface area (Å²) in [6.07, 6.45) is 0.540. The molecule has 15 heavy (non-hydrogen) atoms. The molecule has 0 aliphatic heterocycles. The molecule has 0 saturated carbocycles. The summed E-state index contributed by atoms with van der Waals surface area (Å²) < 4.78 is 0.992. The van der Waals surface area contributed by atoms with Crippen LogP contribution in [0.15, 0.2) is 27.4 Å². The average Bonchev–Trinajstić information content (AvgIpc) is 2.84. The van der Waals surface area contributed by atoms with Gasteiger partial charge in [-0.05, 0) is 39.9 Å². The predicted octanol–water partition coefficient (Wildman–Crippen LogP) is 4.22. The summed E-state index contributed by atoms with van der Waals surface area (Å²) in [4.78, 5) is 2.33. The highest BCUT2D eigenvalue weighted by atomic mass is 79.9. The molecule has 2 heterocycles. The van der Waals surface area contributed by atoms with Gasteiger partial charge in [0, 0.05) is 25.2 Å². The number of aliphatic hydroxyl groups is 1. The van der Waals surface area contributed by atoms with Gasteiger partial charge in [0.1, 0.15) is 6.10 Å². The van der Waals surface area contributed by atoms with Crippen LogP contribution < -0.4 is 0 Å². The summed E-state index contributed by atoms with van der Waals surface area (Å²) in [7, 11) is 0.